The number of fused-ring (bicyclic) bond motifs is 2. The van der Waals surface area contributed by atoms with E-state index in [1.165, 1.54) is 0 Å². The zero-order valence-electron chi connectivity index (χ0n) is 17.0. The number of alkyl halides is 3. The monoisotopic (exact) mass is 411 g/mol. The molecule has 0 bridgehead atoms. The summed E-state index contributed by atoms with van der Waals surface area (Å²) in [6, 6.07) is 1.22. The molecule has 29 heavy (non-hydrogen) atoms. The van der Waals surface area contributed by atoms with E-state index in [1.807, 2.05) is 6.92 Å². The molecule has 1 saturated carbocycles. The molecule has 3 aliphatic rings. The Morgan fingerprint density at radius 3 is 2.76 bits per heavy atom. The van der Waals surface area contributed by atoms with Crippen LogP contribution in [0.25, 0.3) is 0 Å². The highest BCUT2D eigenvalue weighted by atomic mass is 19.4. The number of aliphatic hydroxyl groups is 1. The van der Waals surface area contributed by atoms with Gasteiger partial charge in [-0.1, -0.05) is 6.92 Å². The number of aromatic nitrogens is 1. The molecule has 1 saturated heterocycles. The Balaban J connectivity index is 1.56. The van der Waals surface area contributed by atoms with Crippen molar-refractivity contribution in [3.63, 3.8) is 0 Å². The molecule has 4 unspecified atom stereocenters. The average Bonchev–Trinajstić information content (AvgIpc) is 3.16. The summed E-state index contributed by atoms with van der Waals surface area (Å²) in [5.74, 6) is 0.174. The highest BCUT2D eigenvalue weighted by Gasteiger charge is 2.60. The van der Waals surface area contributed by atoms with Crippen LogP contribution >= 0.6 is 0 Å². The van der Waals surface area contributed by atoms with Gasteiger partial charge < -0.3 is 15.3 Å². The van der Waals surface area contributed by atoms with Crippen molar-refractivity contribution < 1.29 is 23.1 Å². The van der Waals surface area contributed by atoms with Gasteiger partial charge in [-0.2, -0.15) is 13.2 Å². The van der Waals surface area contributed by atoms with E-state index in [4.69, 9.17) is 0 Å². The van der Waals surface area contributed by atoms with Gasteiger partial charge in [0.15, 0.2) is 0 Å². The lowest BCUT2D eigenvalue weighted by Gasteiger charge is -2.33. The van der Waals surface area contributed by atoms with Crippen molar-refractivity contribution in [3.05, 3.63) is 29.1 Å². The van der Waals surface area contributed by atoms with Crippen molar-refractivity contribution in [2.45, 2.75) is 83.4 Å². The number of rotatable bonds is 3. The Bertz CT molecular complexity index is 813. The van der Waals surface area contributed by atoms with Crippen LogP contribution < -0.4 is 5.32 Å². The maximum atomic E-state index is 13.4. The van der Waals surface area contributed by atoms with Crippen LogP contribution in [0, 0.1) is 11.3 Å². The van der Waals surface area contributed by atoms with E-state index in [-0.39, 0.29) is 36.5 Å². The van der Waals surface area contributed by atoms with E-state index >= 15 is 0 Å². The number of halogens is 3. The van der Waals surface area contributed by atoms with Crippen molar-refractivity contribution in [1.29, 1.82) is 0 Å². The second kappa shape index (κ2) is 6.94. The third-order valence-corrected chi connectivity index (χ3v) is 7.44. The summed E-state index contributed by atoms with van der Waals surface area (Å²) >= 11 is 0. The summed E-state index contributed by atoms with van der Waals surface area (Å²) in [6.07, 6.45) is -1.18. The molecule has 0 aromatic carbocycles. The molecule has 2 N–H and O–H groups in total. The van der Waals surface area contributed by atoms with Gasteiger partial charge in [-0.25, -0.2) is 0 Å². The Morgan fingerprint density at radius 1 is 1.38 bits per heavy atom. The lowest BCUT2D eigenvalue weighted by atomic mass is 9.73. The molecule has 2 fully saturated rings. The first kappa shape index (κ1) is 20.6. The minimum absolute atomic E-state index is 0.0211. The maximum Gasteiger partial charge on any atom is 0.417 e. The highest BCUT2D eigenvalue weighted by molar-refractivity contribution is 5.87. The third kappa shape index (κ3) is 3.34. The molecule has 160 valence electrons. The van der Waals surface area contributed by atoms with Gasteiger partial charge >= 0.3 is 6.18 Å². The smallest absolute Gasteiger partial charge is 0.392 e. The summed E-state index contributed by atoms with van der Waals surface area (Å²) in [5.41, 5.74) is -0.0629. The molecule has 1 aromatic heterocycles. The number of pyridine rings is 1. The fraction of sp³-hybridized carbons (Fsp3) is 0.714. The molecular weight excluding hydrogens is 383 g/mol. The molecule has 5 nitrogen and oxygen atoms in total. The Morgan fingerprint density at radius 2 is 2.10 bits per heavy atom. The van der Waals surface area contributed by atoms with E-state index < -0.39 is 23.3 Å². The zero-order valence-corrected chi connectivity index (χ0v) is 17.0. The second-order valence-corrected chi connectivity index (χ2v) is 9.11. The van der Waals surface area contributed by atoms with Crippen LogP contribution in [-0.2, 0) is 23.9 Å². The lowest BCUT2D eigenvalue weighted by molar-refractivity contribution is -0.138. The summed E-state index contributed by atoms with van der Waals surface area (Å²) in [4.78, 5) is 19.3. The molecule has 8 heteroatoms. The van der Waals surface area contributed by atoms with Crippen molar-refractivity contribution in [2.24, 2.45) is 11.3 Å². The topological polar surface area (TPSA) is 65.5 Å². The fourth-order valence-electron chi connectivity index (χ4n) is 5.48. The van der Waals surface area contributed by atoms with Crippen LogP contribution in [0.2, 0.25) is 0 Å². The van der Waals surface area contributed by atoms with Gasteiger partial charge in [0.1, 0.15) is 0 Å². The van der Waals surface area contributed by atoms with Crippen LogP contribution in [0.15, 0.2) is 12.3 Å². The number of aliphatic hydroxyl groups excluding tert-OH is 1. The predicted octanol–water partition coefficient (Wildman–Crippen LogP) is 2.90. The number of carbonyl (C=O) groups excluding carboxylic acids is 1. The summed E-state index contributed by atoms with van der Waals surface area (Å²) in [6.45, 7) is 5.97. The predicted molar refractivity (Wildman–Crippen MR) is 101 cm³/mol. The van der Waals surface area contributed by atoms with Crippen LogP contribution in [0.4, 0.5) is 13.2 Å². The number of carbonyl (C=O) groups is 1. The van der Waals surface area contributed by atoms with E-state index in [2.05, 4.69) is 17.2 Å². The first-order valence-electron chi connectivity index (χ1n) is 10.3. The molecule has 2 aliphatic heterocycles. The third-order valence-electron chi connectivity index (χ3n) is 7.44. The van der Waals surface area contributed by atoms with E-state index in [0.717, 1.165) is 25.1 Å². The van der Waals surface area contributed by atoms with Gasteiger partial charge in [0.25, 0.3) is 0 Å². The van der Waals surface area contributed by atoms with Gasteiger partial charge in [0, 0.05) is 43.0 Å². The minimum atomic E-state index is -4.44. The second-order valence-electron chi connectivity index (χ2n) is 9.11. The van der Waals surface area contributed by atoms with Crippen molar-refractivity contribution in [3.8, 4) is 0 Å². The van der Waals surface area contributed by atoms with Crippen LogP contribution in [0.1, 0.15) is 56.9 Å². The molecule has 1 aliphatic carbocycles. The fourth-order valence-corrected chi connectivity index (χ4v) is 5.48. The first-order valence-corrected chi connectivity index (χ1v) is 10.3. The molecule has 3 heterocycles. The van der Waals surface area contributed by atoms with Crippen molar-refractivity contribution in [2.75, 3.05) is 0 Å². The minimum Gasteiger partial charge on any atom is -0.392 e. The quantitative estimate of drug-likeness (QED) is 0.803. The standard InChI is InChI=1S/C21H28F3N3O2/c1-11-18-7-17-14(6-15(9-25-17)21(22,23)24)10-27(18)19(29)20(11)5-4-16(8-20)26-12(2)13(3)28/h6,9,11-13,16,18,26,28H,4-5,7-8,10H2,1-3H3/t11?,12?,13?,16-,18?,20+/m1/s1. The van der Waals surface area contributed by atoms with Crippen LogP contribution in [0.5, 0.6) is 0 Å². The van der Waals surface area contributed by atoms with E-state index in [1.54, 1.807) is 11.8 Å². The molecule has 1 amide bonds. The molecule has 0 radical (unpaired) electrons. The number of amides is 1. The van der Waals surface area contributed by atoms with Crippen LogP contribution in [0.3, 0.4) is 0 Å². The molecule has 1 spiro atoms. The summed E-state index contributed by atoms with van der Waals surface area (Å²) in [7, 11) is 0. The SMILES string of the molecule is CC(O)C(C)N[C@@H]1CC[C@@]2(C1)C(=O)N1Cc3cc(C(F)(F)F)cnc3CC1C2C. The van der Waals surface area contributed by atoms with E-state index in [0.29, 0.717) is 24.1 Å². The number of hydrogen-bond donors (Lipinski definition) is 2. The van der Waals surface area contributed by atoms with E-state index in [9.17, 15) is 23.1 Å². The van der Waals surface area contributed by atoms with Gasteiger partial charge in [-0.15, -0.1) is 0 Å². The van der Waals surface area contributed by atoms with Gasteiger partial charge in [-0.3, -0.25) is 9.78 Å². The number of hydrogen-bond acceptors (Lipinski definition) is 4. The Kier molecular flexibility index (Phi) is 4.93. The summed E-state index contributed by atoms with van der Waals surface area (Å²) < 4.78 is 39.2. The normalized spacial score (nSPS) is 33.7. The molecule has 6 atom stereocenters. The average molecular weight is 411 g/mol. The zero-order chi connectivity index (χ0) is 21.1. The number of nitrogens with zero attached hydrogens (tertiary/aromatic N) is 2. The molecule has 1 aromatic rings. The van der Waals surface area contributed by atoms with Crippen LogP contribution in [-0.4, -0.2) is 45.1 Å². The first-order chi connectivity index (χ1) is 13.5. The lowest BCUT2D eigenvalue weighted by Crippen LogP contribution is -2.43. The van der Waals surface area contributed by atoms with Gasteiger partial charge in [-0.05, 0) is 50.7 Å². The molecular formula is C21H28F3N3O2. The molecule has 4 rings (SSSR count). The van der Waals surface area contributed by atoms with Gasteiger partial charge in [0.2, 0.25) is 5.91 Å². The largest absolute Gasteiger partial charge is 0.417 e. The van der Waals surface area contributed by atoms with Gasteiger partial charge in [0.05, 0.1) is 17.1 Å². The van der Waals surface area contributed by atoms with Crippen molar-refractivity contribution in [1.82, 2.24) is 15.2 Å². The Labute approximate surface area is 168 Å². The highest BCUT2D eigenvalue weighted by Crippen LogP contribution is 2.54. The Hall–Kier alpha value is -1.67. The van der Waals surface area contributed by atoms with Crippen molar-refractivity contribution >= 4 is 5.91 Å². The maximum absolute atomic E-state index is 13.4. The number of nitrogens with one attached hydrogen (secondary N) is 1. The summed E-state index contributed by atoms with van der Waals surface area (Å²) in [5, 5.41) is 13.2.